The van der Waals surface area contributed by atoms with Crippen LogP contribution in [0.15, 0.2) is 27.1 Å². The lowest BCUT2D eigenvalue weighted by atomic mass is 10.2. The number of nitrogens with one attached hydrogen (secondary N) is 2. The smallest absolute Gasteiger partial charge is 0.253 e. The molecule has 19 heavy (non-hydrogen) atoms. The number of benzene rings is 1. The van der Waals surface area contributed by atoms with Gasteiger partial charge in [-0.3, -0.25) is 9.59 Å². The molecule has 102 valence electrons. The Morgan fingerprint density at radius 3 is 2.58 bits per heavy atom. The van der Waals surface area contributed by atoms with Gasteiger partial charge in [0.2, 0.25) is 5.91 Å². The number of hydrogen-bond donors (Lipinski definition) is 2. The minimum atomic E-state index is -0.538. The number of amides is 2. The van der Waals surface area contributed by atoms with Crippen molar-refractivity contribution in [3.8, 4) is 0 Å². The number of carbonyl (C=O) groups is 2. The topological polar surface area (TPSA) is 58.2 Å². The van der Waals surface area contributed by atoms with E-state index in [2.05, 4.69) is 42.5 Å². The van der Waals surface area contributed by atoms with Gasteiger partial charge in [0.05, 0.1) is 5.56 Å². The average molecular weight is 390 g/mol. The Kier molecular flexibility index (Phi) is 4.62. The highest BCUT2D eigenvalue weighted by Gasteiger charge is 2.26. The SMILES string of the molecule is CC(NC(=O)c1ccc(Br)cc1Br)C(=O)NC1CC1. The summed E-state index contributed by atoms with van der Waals surface area (Å²) in [6, 6.07) is 5.04. The zero-order valence-corrected chi connectivity index (χ0v) is 13.5. The minimum absolute atomic E-state index is 0.135. The van der Waals surface area contributed by atoms with Crippen molar-refractivity contribution >= 4 is 43.7 Å². The van der Waals surface area contributed by atoms with Gasteiger partial charge in [0.25, 0.3) is 5.91 Å². The van der Waals surface area contributed by atoms with Crippen LogP contribution in [0.2, 0.25) is 0 Å². The molecule has 6 heteroatoms. The lowest BCUT2D eigenvalue weighted by Gasteiger charge is -2.14. The molecule has 0 radical (unpaired) electrons. The Labute approximate surface area is 128 Å². The maximum absolute atomic E-state index is 12.1. The van der Waals surface area contributed by atoms with E-state index in [-0.39, 0.29) is 11.8 Å². The lowest BCUT2D eigenvalue weighted by molar-refractivity contribution is -0.122. The summed E-state index contributed by atoms with van der Waals surface area (Å²) in [4.78, 5) is 23.8. The summed E-state index contributed by atoms with van der Waals surface area (Å²) < 4.78 is 1.57. The molecular formula is C13H14Br2N2O2. The van der Waals surface area contributed by atoms with Crippen molar-refractivity contribution in [3.63, 3.8) is 0 Å². The molecule has 0 bridgehead atoms. The van der Waals surface area contributed by atoms with Crippen LogP contribution in [0.25, 0.3) is 0 Å². The summed E-state index contributed by atoms with van der Waals surface area (Å²) in [6.07, 6.45) is 2.06. The van der Waals surface area contributed by atoms with E-state index in [1.54, 1.807) is 25.1 Å². The summed E-state index contributed by atoms with van der Waals surface area (Å²) in [6.45, 7) is 1.68. The third-order valence-corrected chi connectivity index (χ3v) is 3.99. The van der Waals surface area contributed by atoms with Gasteiger partial charge >= 0.3 is 0 Å². The molecule has 2 rings (SSSR count). The maximum Gasteiger partial charge on any atom is 0.253 e. The lowest BCUT2D eigenvalue weighted by Crippen LogP contribution is -2.45. The first-order chi connectivity index (χ1) is 8.97. The van der Waals surface area contributed by atoms with Crippen LogP contribution in [-0.2, 0) is 4.79 Å². The largest absolute Gasteiger partial charge is 0.352 e. The van der Waals surface area contributed by atoms with Crippen LogP contribution in [0.1, 0.15) is 30.1 Å². The van der Waals surface area contributed by atoms with Crippen molar-refractivity contribution in [2.45, 2.75) is 31.8 Å². The number of hydrogen-bond acceptors (Lipinski definition) is 2. The van der Waals surface area contributed by atoms with Gasteiger partial charge in [-0.1, -0.05) is 15.9 Å². The third kappa shape index (κ3) is 4.04. The van der Waals surface area contributed by atoms with Gasteiger partial charge in [-0.15, -0.1) is 0 Å². The Bertz CT molecular complexity index is 515. The summed E-state index contributed by atoms with van der Waals surface area (Å²) in [5, 5.41) is 5.55. The second-order valence-corrected chi connectivity index (χ2v) is 6.37. The number of rotatable bonds is 4. The molecule has 0 saturated heterocycles. The first-order valence-electron chi connectivity index (χ1n) is 6.03. The van der Waals surface area contributed by atoms with Crippen molar-refractivity contribution in [3.05, 3.63) is 32.7 Å². The summed E-state index contributed by atoms with van der Waals surface area (Å²) in [7, 11) is 0. The zero-order chi connectivity index (χ0) is 14.0. The summed E-state index contributed by atoms with van der Waals surface area (Å²) >= 11 is 6.66. The summed E-state index contributed by atoms with van der Waals surface area (Å²) in [5.41, 5.74) is 0.509. The van der Waals surface area contributed by atoms with Crippen molar-refractivity contribution in [2.24, 2.45) is 0 Å². The van der Waals surface area contributed by atoms with E-state index in [0.717, 1.165) is 17.3 Å². The van der Waals surface area contributed by atoms with Gasteiger partial charge in [-0.25, -0.2) is 0 Å². The average Bonchev–Trinajstić information content (AvgIpc) is 3.12. The van der Waals surface area contributed by atoms with Crippen LogP contribution in [0.5, 0.6) is 0 Å². The molecule has 1 saturated carbocycles. The molecule has 0 heterocycles. The molecule has 1 aromatic carbocycles. The number of halogens is 2. The van der Waals surface area contributed by atoms with E-state index < -0.39 is 6.04 Å². The summed E-state index contributed by atoms with van der Waals surface area (Å²) in [5.74, 6) is -0.401. The molecule has 0 aliphatic heterocycles. The molecule has 1 unspecified atom stereocenters. The Morgan fingerprint density at radius 1 is 1.32 bits per heavy atom. The fraction of sp³-hybridized carbons (Fsp3) is 0.385. The molecule has 1 aromatic rings. The first-order valence-corrected chi connectivity index (χ1v) is 7.62. The third-order valence-electron chi connectivity index (χ3n) is 2.84. The van der Waals surface area contributed by atoms with E-state index in [1.165, 1.54) is 0 Å². The molecule has 1 atom stereocenters. The van der Waals surface area contributed by atoms with Crippen LogP contribution in [0.4, 0.5) is 0 Å². The number of carbonyl (C=O) groups excluding carboxylic acids is 2. The molecule has 1 fully saturated rings. The van der Waals surface area contributed by atoms with Crippen LogP contribution in [-0.4, -0.2) is 23.9 Å². The normalized spacial score (nSPS) is 15.7. The highest BCUT2D eigenvalue weighted by molar-refractivity contribution is 9.11. The van der Waals surface area contributed by atoms with Gasteiger partial charge in [0.1, 0.15) is 6.04 Å². The fourth-order valence-corrected chi connectivity index (χ4v) is 2.79. The van der Waals surface area contributed by atoms with E-state index in [9.17, 15) is 9.59 Å². The minimum Gasteiger partial charge on any atom is -0.352 e. The highest BCUT2D eigenvalue weighted by atomic mass is 79.9. The van der Waals surface area contributed by atoms with E-state index in [0.29, 0.717) is 16.1 Å². The Morgan fingerprint density at radius 2 is 2.00 bits per heavy atom. The van der Waals surface area contributed by atoms with Gasteiger partial charge in [-0.05, 0) is 53.9 Å². The second kappa shape index (κ2) is 6.05. The van der Waals surface area contributed by atoms with Crippen LogP contribution >= 0.6 is 31.9 Å². The Hall–Kier alpha value is -0.880. The van der Waals surface area contributed by atoms with E-state index in [1.807, 2.05) is 0 Å². The monoisotopic (exact) mass is 388 g/mol. The molecule has 0 spiro atoms. The molecule has 4 nitrogen and oxygen atoms in total. The van der Waals surface area contributed by atoms with Crippen LogP contribution < -0.4 is 10.6 Å². The van der Waals surface area contributed by atoms with Crippen molar-refractivity contribution in [1.29, 1.82) is 0 Å². The molecule has 1 aliphatic carbocycles. The van der Waals surface area contributed by atoms with Crippen LogP contribution in [0, 0.1) is 0 Å². The first kappa shape index (κ1) is 14.5. The van der Waals surface area contributed by atoms with Crippen LogP contribution in [0.3, 0.4) is 0 Å². The van der Waals surface area contributed by atoms with E-state index >= 15 is 0 Å². The van der Waals surface area contributed by atoms with Crippen molar-refractivity contribution in [2.75, 3.05) is 0 Å². The van der Waals surface area contributed by atoms with Gasteiger partial charge in [0, 0.05) is 15.0 Å². The van der Waals surface area contributed by atoms with Crippen molar-refractivity contribution in [1.82, 2.24) is 10.6 Å². The van der Waals surface area contributed by atoms with Gasteiger partial charge < -0.3 is 10.6 Å². The second-order valence-electron chi connectivity index (χ2n) is 4.60. The molecule has 0 aromatic heterocycles. The molecular weight excluding hydrogens is 376 g/mol. The fourth-order valence-electron chi connectivity index (χ4n) is 1.57. The molecule has 2 N–H and O–H groups in total. The van der Waals surface area contributed by atoms with Gasteiger partial charge in [-0.2, -0.15) is 0 Å². The maximum atomic E-state index is 12.1. The quantitative estimate of drug-likeness (QED) is 0.831. The standard InChI is InChI=1S/C13H14Br2N2O2/c1-7(12(18)17-9-3-4-9)16-13(19)10-5-2-8(14)6-11(10)15/h2,5-7,9H,3-4H2,1H3,(H,16,19)(H,17,18). The zero-order valence-electron chi connectivity index (χ0n) is 10.4. The van der Waals surface area contributed by atoms with Crippen molar-refractivity contribution < 1.29 is 9.59 Å². The Balaban J connectivity index is 1.97. The van der Waals surface area contributed by atoms with Gasteiger partial charge in [0.15, 0.2) is 0 Å². The predicted octanol–water partition coefficient (Wildman–Crippen LogP) is 2.61. The van der Waals surface area contributed by atoms with E-state index in [4.69, 9.17) is 0 Å². The highest BCUT2D eigenvalue weighted by Crippen LogP contribution is 2.22. The predicted molar refractivity (Wildman–Crippen MR) is 79.9 cm³/mol. The molecule has 2 amide bonds. The molecule has 1 aliphatic rings.